The fourth-order valence-electron chi connectivity index (χ4n) is 5.81. The summed E-state index contributed by atoms with van der Waals surface area (Å²) in [7, 11) is 0. The fraction of sp³-hybridized carbons (Fsp3) is 0.750. The minimum absolute atomic E-state index is 0.311. The van der Waals surface area contributed by atoms with E-state index in [1.165, 1.54) is 19.3 Å². The molecule has 1 amide bonds. The number of amides is 1. The molecule has 0 N–H and O–H groups in total. The number of morpholine rings is 1. The van der Waals surface area contributed by atoms with Crippen molar-refractivity contribution >= 4 is 5.91 Å². The van der Waals surface area contributed by atoms with Gasteiger partial charge in [0.2, 0.25) is 5.91 Å². The number of hydrogen-bond donors (Lipinski definition) is 0. The Morgan fingerprint density at radius 2 is 1.96 bits per heavy atom. The maximum atomic E-state index is 13.3. The van der Waals surface area contributed by atoms with Crippen molar-refractivity contribution in [3.8, 4) is 0 Å². The van der Waals surface area contributed by atoms with Crippen molar-refractivity contribution in [3.63, 3.8) is 0 Å². The van der Waals surface area contributed by atoms with Crippen molar-refractivity contribution in [1.82, 2.24) is 9.80 Å². The summed E-state index contributed by atoms with van der Waals surface area (Å²) in [6.45, 7) is 5.91. The van der Waals surface area contributed by atoms with Gasteiger partial charge in [0.1, 0.15) is 5.76 Å². The van der Waals surface area contributed by atoms with E-state index in [4.69, 9.17) is 9.15 Å². The van der Waals surface area contributed by atoms with Gasteiger partial charge in [0.25, 0.3) is 0 Å². The number of fused-ring (bicyclic) bond motifs is 5. The van der Waals surface area contributed by atoms with E-state index in [-0.39, 0.29) is 0 Å². The fourth-order valence-corrected chi connectivity index (χ4v) is 5.81. The van der Waals surface area contributed by atoms with Crippen LogP contribution in [0.5, 0.6) is 0 Å². The predicted molar refractivity (Wildman–Crippen MR) is 92.7 cm³/mol. The molecule has 5 heteroatoms. The number of rotatable bonds is 6. The first kappa shape index (κ1) is 15.9. The monoisotopic (exact) mass is 344 g/mol. The average molecular weight is 344 g/mol. The third-order valence-corrected chi connectivity index (χ3v) is 7.05. The highest BCUT2D eigenvalue weighted by atomic mass is 16.5. The Hall–Kier alpha value is -1.33. The minimum atomic E-state index is 0.311. The second-order valence-electron chi connectivity index (χ2n) is 8.31. The molecule has 1 aromatic rings. The van der Waals surface area contributed by atoms with E-state index in [0.29, 0.717) is 30.2 Å². The molecule has 1 aromatic heterocycles. The van der Waals surface area contributed by atoms with Crippen LogP contribution in [-0.2, 0) is 16.1 Å². The molecule has 0 aromatic carbocycles. The van der Waals surface area contributed by atoms with E-state index in [0.717, 1.165) is 57.0 Å². The van der Waals surface area contributed by atoms with E-state index < -0.39 is 0 Å². The molecule has 4 aliphatic rings. The average Bonchev–Trinajstić information content (AvgIpc) is 3.04. The molecule has 5 rings (SSSR count). The van der Waals surface area contributed by atoms with Crippen LogP contribution in [0.4, 0.5) is 0 Å². The molecular weight excluding hydrogens is 316 g/mol. The zero-order valence-electron chi connectivity index (χ0n) is 14.8. The van der Waals surface area contributed by atoms with Gasteiger partial charge in [0, 0.05) is 32.1 Å². The summed E-state index contributed by atoms with van der Waals surface area (Å²) >= 11 is 0. The predicted octanol–water partition coefficient (Wildman–Crippen LogP) is 2.23. The Morgan fingerprint density at radius 1 is 1.20 bits per heavy atom. The van der Waals surface area contributed by atoms with Crippen LogP contribution < -0.4 is 0 Å². The Balaban J connectivity index is 1.25. The molecule has 3 aliphatic carbocycles. The second kappa shape index (κ2) is 6.44. The molecule has 25 heavy (non-hydrogen) atoms. The largest absolute Gasteiger partial charge is 0.467 e. The van der Waals surface area contributed by atoms with Gasteiger partial charge in [-0.2, -0.15) is 0 Å². The Labute approximate surface area is 149 Å². The normalized spacial score (nSPS) is 36.4. The lowest BCUT2D eigenvalue weighted by Gasteiger charge is -2.30. The van der Waals surface area contributed by atoms with E-state index in [9.17, 15) is 4.79 Å². The summed E-state index contributed by atoms with van der Waals surface area (Å²) in [4.78, 5) is 17.8. The highest BCUT2D eigenvalue weighted by Crippen LogP contribution is 2.69. The quantitative estimate of drug-likeness (QED) is 0.794. The molecule has 5 atom stereocenters. The lowest BCUT2D eigenvalue weighted by Crippen LogP contribution is -2.43. The number of carbonyl (C=O) groups excluding carboxylic acids is 1. The van der Waals surface area contributed by atoms with Crippen LogP contribution >= 0.6 is 0 Å². The van der Waals surface area contributed by atoms with E-state index in [2.05, 4.69) is 9.80 Å². The van der Waals surface area contributed by atoms with E-state index in [1.807, 2.05) is 12.1 Å². The molecule has 136 valence electrons. The molecule has 5 nitrogen and oxygen atoms in total. The van der Waals surface area contributed by atoms with Crippen molar-refractivity contribution in [2.75, 3.05) is 39.4 Å². The van der Waals surface area contributed by atoms with Gasteiger partial charge in [0.15, 0.2) is 0 Å². The number of hydrogen-bond acceptors (Lipinski definition) is 4. The zero-order chi connectivity index (χ0) is 16.8. The van der Waals surface area contributed by atoms with Gasteiger partial charge in [0.05, 0.1) is 26.0 Å². The van der Waals surface area contributed by atoms with Crippen LogP contribution in [0.2, 0.25) is 0 Å². The third kappa shape index (κ3) is 2.91. The summed E-state index contributed by atoms with van der Waals surface area (Å²) in [5.74, 6) is 4.68. The number of carbonyl (C=O) groups is 1. The van der Waals surface area contributed by atoms with Crippen molar-refractivity contribution in [2.45, 2.75) is 25.8 Å². The lowest BCUT2D eigenvalue weighted by molar-refractivity contribution is -0.135. The summed E-state index contributed by atoms with van der Waals surface area (Å²) in [5, 5.41) is 0. The molecule has 1 aliphatic heterocycles. The highest BCUT2D eigenvalue weighted by molar-refractivity contribution is 5.83. The lowest BCUT2D eigenvalue weighted by atomic mass is 10.0. The molecule has 3 saturated carbocycles. The van der Waals surface area contributed by atoms with Gasteiger partial charge in [-0.1, -0.05) is 0 Å². The Morgan fingerprint density at radius 3 is 2.64 bits per heavy atom. The molecular formula is C20H28N2O3. The maximum absolute atomic E-state index is 13.3. The van der Waals surface area contributed by atoms with Crippen LogP contribution in [0.3, 0.4) is 0 Å². The van der Waals surface area contributed by atoms with Crippen molar-refractivity contribution in [3.05, 3.63) is 24.2 Å². The first-order valence-corrected chi connectivity index (χ1v) is 9.92. The van der Waals surface area contributed by atoms with Gasteiger partial charge in [-0.15, -0.1) is 0 Å². The molecule has 2 bridgehead atoms. The number of nitrogens with zero attached hydrogens (tertiary/aromatic N) is 2. The Bertz CT molecular complexity index is 594. The highest BCUT2D eigenvalue weighted by Gasteiger charge is 2.67. The standard InChI is InChI=1S/C20H28N2O3/c23-20(19-17-14-3-4-15(12-14)18(17)19)22(13-16-2-1-9-25-16)6-5-21-7-10-24-11-8-21/h1-2,9,14-15,17-19H,3-8,10-13H2/t14-,15+,17+,18-,19?. The summed E-state index contributed by atoms with van der Waals surface area (Å²) in [6, 6.07) is 3.89. The van der Waals surface area contributed by atoms with Crippen LogP contribution in [0, 0.1) is 29.6 Å². The summed E-state index contributed by atoms with van der Waals surface area (Å²) in [5.41, 5.74) is 0. The third-order valence-electron chi connectivity index (χ3n) is 7.05. The minimum Gasteiger partial charge on any atom is -0.467 e. The SMILES string of the molecule is O=C(C1[C@@H]2[C@H]3CC[C@H](C3)[C@H]12)N(CCN1CCOCC1)Cc1ccco1. The van der Waals surface area contributed by atoms with Gasteiger partial charge < -0.3 is 14.1 Å². The zero-order valence-corrected chi connectivity index (χ0v) is 14.8. The van der Waals surface area contributed by atoms with Crippen molar-refractivity contribution < 1.29 is 13.9 Å². The molecule has 1 saturated heterocycles. The van der Waals surface area contributed by atoms with Gasteiger partial charge in [-0.05, 0) is 55.1 Å². The van der Waals surface area contributed by atoms with Crippen LogP contribution in [0.25, 0.3) is 0 Å². The van der Waals surface area contributed by atoms with Crippen LogP contribution in [0.1, 0.15) is 25.0 Å². The van der Waals surface area contributed by atoms with Crippen molar-refractivity contribution in [2.24, 2.45) is 29.6 Å². The molecule has 2 heterocycles. The second-order valence-corrected chi connectivity index (χ2v) is 8.31. The molecule has 0 radical (unpaired) electrons. The molecule has 4 fully saturated rings. The Kier molecular flexibility index (Phi) is 4.09. The van der Waals surface area contributed by atoms with E-state index in [1.54, 1.807) is 6.26 Å². The summed E-state index contributed by atoms with van der Waals surface area (Å²) in [6.07, 6.45) is 5.82. The van der Waals surface area contributed by atoms with Gasteiger partial charge in [-0.3, -0.25) is 9.69 Å². The van der Waals surface area contributed by atoms with Crippen LogP contribution in [-0.4, -0.2) is 55.1 Å². The van der Waals surface area contributed by atoms with Crippen molar-refractivity contribution in [1.29, 1.82) is 0 Å². The van der Waals surface area contributed by atoms with Gasteiger partial charge >= 0.3 is 0 Å². The maximum Gasteiger partial charge on any atom is 0.226 e. The summed E-state index contributed by atoms with van der Waals surface area (Å²) < 4.78 is 11.0. The first-order chi connectivity index (χ1) is 12.3. The van der Waals surface area contributed by atoms with Crippen LogP contribution in [0.15, 0.2) is 22.8 Å². The van der Waals surface area contributed by atoms with E-state index >= 15 is 0 Å². The van der Waals surface area contributed by atoms with Gasteiger partial charge in [-0.25, -0.2) is 0 Å². The topological polar surface area (TPSA) is 45.9 Å². The number of ether oxygens (including phenoxy) is 1. The first-order valence-electron chi connectivity index (χ1n) is 9.92. The molecule has 0 spiro atoms. The molecule has 1 unspecified atom stereocenters. The smallest absolute Gasteiger partial charge is 0.226 e. The number of furan rings is 1.